The average molecular weight is 387 g/mol. The maximum atomic E-state index is 13.1. The van der Waals surface area contributed by atoms with Gasteiger partial charge in [0.05, 0.1) is 25.2 Å². The van der Waals surface area contributed by atoms with Crippen molar-refractivity contribution in [2.24, 2.45) is 5.92 Å². The smallest absolute Gasteiger partial charge is 0.235 e. The van der Waals surface area contributed by atoms with Gasteiger partial charge in [-0.1, -0.05) is 60.7 Å². The molecular formula is C25H25NO3. The van der Waals surface area contributed by atoms with Crippen molar-refractivity contribution in [3.05, 3.63) is 96.1 Å². The second-order valence-corrected chi connectivity index (χ2v) is 7.38. The van der Waals surface area contributed by atoms with Crippen molar-refractivity contribution in [2.75, 3.05) is 12.0 Å². The number of hydrogen-bond donors (Lipinski definition) is 1. The van der Waals surface area contributed by atoms with Gasteiger partial charge in [0.2, 0.25) is 5.91 Å². The standard InChI is InChI=1S/C25H25NO3/c1-29-21-15-13-19(14-16-21)24-23(22(27)17-12-18-8-4-2-5-9-18)25(28)26(24)20-10-6-3-7-11-20/h2-11,13-16,22-24,27H,12,17H2,1H3/t22-,23-,24+/m0/s1. The predicted octanol–water partition coefficient (Wildman–Crippen LogP) is 4.39. The summed E-state index contributed by atoms with van der Waals surface area (Å²) in [5.41, 5.74) is 3.02. The molecule has 1 aliphatic rings. The van der Waals surface area contributed by atoms with E-state index in [9.17, 15) is 9.90 Å². The SMILES string of the molecule is COc1ccc([C@@H]2[C@H]([C@@H](O)CCc3ccccc3)C(=O)N2c2ccccc2)cc1. The molecule has 1 heterocycles. The third-order valence-electron chi connectivity index (χ3n) is 5.62. The van der Waals surface area contributed by atoms with Gasteiger partial charge in [0.1, 0.15) is 5.75 Å². The lowest BCUT2D eigenvalue weighted by Gasteiger charge is -2.49. The van der Waals surface area contributed by atoms with Gasteiger partial charge in [-0.3, -0.25) is 4.79 Å². The van der Waals surface area contributed by atoms with E-state index >= 15 is 0 Å². The number of β-lactam (4-membered cyclic amide) rings is 1. The quantitative estimate of drug-likeness (QED) is 0.612. The summed E-state index contributed by atoms with van der Waals surface area (Å²) in [4.78, 5) is 14.9. The molecule has 3 aromatic carbocycles. The Morgan fingerprint density at radius 2 is 1.55 bits per heavy atom. The third-order valence-corrected chi connectivity index (χ3v) is 5.62. The van der Waals surface area contributed by atoms with Crippen molar-refractivity contribution in [3.8, 4) is 5.75 Å². The van der Waals surface area contributed by atoms with E-state index in [0.717, 1.165) is 23.4 Å². The summed E-state index contributed by atoms with van der Waals surface area (Å²) in [5.74, 6) is 0.289. The topological polar surface area (TPSA) is 49.8 Å². The molecule has 1 fully saturated rings. The molecule has 0 aromatic heterocycles. The van der Waals surface area contributed by atoms with Crippen LogP contribution >= 0.6 is 0 Å². The molecule has 1 aliphatic heterocycles. The number of anilines is 1. The second kappa shape index (κ2) is 8.50. The molecule has 1 saturated heterocycles. The minimum Gasteiger partial charge on any atom is -0.497 e. The molecule has 148 valence electrons. The highest BCUT2D eigenvalue weighted by Crippen LogP contribution is 2.46. The van der Waals surface area contributed by atoms with Gasteiger partial charge in [0.15, 0.2) is 0 Å². The Morgan fingerprint density at radius 1 is 0.931 bits per heavy atom. The van der Waals surface area contributed by atoms with Gasteiger partial charge in [-0.05, 0) is 48.2 Å². The third kappa shape index (κ3) is 3.89. The van der Waals surface area contributed by atoms with Gasteiger partial charge in [-0.2, -0.15) is 0 Å². The van der Waals surface area contributed by atoms with Crippen LogP contribution < -0.4 is 9.64 Å². The van der Waals surface area contributed by atoms with Gasteiger partial charge in [0, 0.05) is 5.69 Å². The fraction of sp³-hybridized carbons (Fsp3) is 0.240. The Bertz CT molecular complexity index is 941. The number of ether oxygens (including phenoxy) is 1. The second-order valence-electron chi connectivity index (χ2n) is 7.38. The Labute approximate surface area is 171 Å². The Morgan fingerprint density at radius 3 is 2.17 bits per heavy atom. The Kier molecular flexibility index (Phi) is 5.63. The number of benzene rings is 3. The van der Waals surface area contributed by atoms with Gasteiger partial charge in [0.25, 0.3) is 0 Å². The molecule has 4 rings (SSSR count). The molecule has 0 bridgehead atoms. The van der Waals surface area contributed by atoms with Crippen molar-refractivity contribution in [1.29, 1.82) is 0 Å². The van der Waals surface area contributed by atoms with Crippen LogP contribution in [-0.4, -0.2) is 24.2 Å². The Balaban J connectivity index is 1.58. The summed E-state index contributed by atoms with van der Waals surface area (Å²) in [5, 5.41) is 10.9. The van der Waals surface area contributed by atoms with Gasteiger partial charge < -0.3 is 14.7 Å². The molecule has 0 aliphatic carbocycles. The number of aliphatic hydroxyl groups is 1. The number of aliphatic hydroxyl groups excluding tert-OH is 1. The molecule has 29 heavy (non-hydrogen) atoms. The fourth-order valence-corrected chi connectivity index (χ4v) is 4.06. The number of amides is 1. The maximum absolute atomic E-state index is 13.1. The van der Waals surface area contributed by atoms with Gasteiger partial charge in [-0.25, -0.2) is 0 Å². The van der Waals surface area contributed by atoms with Gasteiger partial charge in [-0.15, -0.1) is 0 Å². The number of para-hydroxylation sites is 1. The molecule has 4 heteroatoms. The predicted molar refractivity (Wildman–Crippen MR) is 114 cm³/mol. The molecule has 0 saturated carbocycles. The number of hydrogen-bond acceptors (Lipinski definition) is 3. The van der Waals surface area contributed by atoms with E-state index in [0.29, 0.717) is 6.42 Å². The molecule has 0 spiro atoms. The van der Waals surface area contributed by atoms with Crippen molar-refractivity contribution in [1.82, 2.24) is 0 Å². The molecule has 0 unspecified atom stereocenters. The van der Waals surface area contributed by atoms with Gasteiger partial charge >= 0.3 is 0 Å². The normalized spacial score (nSPS) is 19.5. The van der Waals surface area contributed by atoms with E-state index in [1.54, 1.807) is 12.0 Å². The summed E-state index contributed by atoms with van der Waals surface area (Å²) < 4.78 is 5.27. The number of rotatable bonds is 7. The lowest BCUT2D eigenvalue weighted by atomic mass is 9.76. The van der Waals surface area contributed by atoms with E-state index in [-0.39, 0.29) is 11.9 Å². The first-order valence-electron chi connectivity index (χ1n) is 9.93. The van der Waals surface area contributed by atoms with Crippen LogP contribution in [-0.2, 0) is 11.2 Å². The summed E-state index contributed by atoms with van der Waals surface area (Å²) >= 11 is 0. The van der Waals surface area contributed by atoms with Crippen molar-refractivity contribution < 1.29 is 14.6 Å². The highest BCUT2D eigenvalue weighted by Gasteiger charge is 2.51. The lowest BCUT2D eigenvalue weighted by molar-refractivity contribution is -0.136. The molecule has 4 nitrogen and oxygen atoms in total. The summed E-state index contributed by atoms with van der Waals surface area (Å²) in [6.07, 6.45) is 0.595. The molecule has 3 atom stereocenters. The van der Waals surface area contributed by atoms with Crippen molar-refractivity contribution >= 4 is 11.6 Å². The van der Waals surface area contributed by atoms with E-state index in [4.69, 9.17) is 4.74 Å². The van der Waals surface area contributed by atoms with Crippen LogP contribution in [0.4, 0.5) is 5.69 Å². The first-order valence-corrected chi connectivity index (χ1v) is 9.93. The van der Waals surface area contributed by atoms with Crippen LogP contribution in [0.1, 0.15) is 23.6 Å². The summed E-state index contributed by atoms with van der Waals surface area (Å²) in [6.45, 7) is 0. The highest BCUT2D eigenvalue weighted by atomic mass is 16.5. The molecule has 0 radical (unpaired) electrons. The van der Waals surface area contributed by atoms with Crippen LogP contribution in [0.3, 0.4) is 0 Å². The molecule has 3 aromatic rings. The first-order chi connectivity index (χ1) is 14.2. The minimum atomic E-state index is -0.699. The highest BCUT2D eigenvalue weighted by molar-refractivity contribution is 6.03. The van der Waals surface area contributed by atoms with Crippen LogP contribution in [0.15, 0.2) is 84.9 Å². The Hall–Kier alpha value is -3.11. The van der Waals surface area contributed by atoms with E-state index in [1.807, 2.05) is 84.9 Å². The zero-order valence-corrected chi connectivity index (χ0v) is 16.4. The van der Waals surface area contributed by atoms with Crippen LogP contribution in [0.25, 0.3) is 0 Å². The number of carbonyl (C=O) groups is 1. The number of methoxy groups -OCH3 is 1. The average Bonchev–Trinajstić information content (AvgIpc) is 2.77. The zero-order chi connectivity index (χ0) is 20.2. The van der Waals surface area contributed by atoms with Crippen LogP contribution in [0, 0.1) is 5.92 Å². The fourth-order valence-electron chi connectivity index (χ4n) is 4.06. The minimum absolute atomic E-state index is 0.0300. The summed E-state index contributed by atoms with van der Waals surface area (Å²) in [7, 11) is 1.63. The molecule has 1 N–H and O–H groups in total. The lowest BCUT2D eigenvalue weighted by Crippen LogP contribution is -2.59. The van der Waals surface area contributed by atoms with Crippen LogP contribution in [0.5, 0.6) is 5.75 Å². The number of aryl methyl sites for hydroxylation is 1. The number of nitrogens with zero attached hydrogens (tertiary/aromatic N) is 1. The molecule has 1 amide bonds. The number of carbonyl (C=O) groups excluding carboxylic acids is 1. The summed E-state index contributed by atoms with van der Waals surface area (Å²) in [6, 6.07) is 27.3. The monoisotopic (exact) mass is 387 g/mol. The zero-order valence-electron chi connectivity index (χ0n) is 16.4. The largest absolute Gasteiger partial charge is 0.497 e. The first kappa shape index (κ1) is 19.2. The van der Waals surface area contributed by atoms with Crippen LogP contribution in [0.2, 0.25) is 0 Å². The van der Waals surface area contributed by atoms with E-state index in [2.05, 4.69) is 0 Å². The molecular weight excluding hydrogens is 362 g/mol. The van der Waals surface area contributed by atoms with Crippen molar-refractivity contribution in [3.63, 3.8) is 0 Å². The maximum Gasteiger partial charge on any atom is 0.235 e. The van der Waals surface area contributed by atoms with E-state index in [1.165, 1.54) is 5.56 Å². The van der Waals surface area contributed by atoms with Crippen molar-refractivity contribution in [2.45, 2.75) is 25.0 Å². The van der Waals surface area contributed by atoms with E-state index < -0.39 is 12.0 Å².